The maximum atomic E-state index is 12.1. The van der Waals surface area contributed by atoms with E-state index in [1.54, 1.807) is 24.8 Å². The minimum Gasteiger partial charge on any atom is -0.336 e. The first-order valence-corrected chi connectivity index (χ1v) is 9.97. The highest BCUT2D eigenvalue weighted by atomic mass is 16.1. The van der Waals surface area contributed by atoms with Crippen molar-refractivity contribution in [2.75, 3.05) is 5.32 Å². The third kappa shape index (κ3) is 3.73. The van der Waals surface area contributed by atoms with Crippen LogP contribution in [0.25, 0.3) is 44.8 Å². The van der Waals surface area contributed by atoms with E-state index >= 15 is 0 Å². The summed E-state index contributed by atoms with van der Waals surface area (Å²) in [5, 5.41) is 10.3. The third-order valence-electron chi connectivity index (χ3n) is 4.83. The zero-order chi connectivity index (χ0) is 21.4. The summed E-state index contributed by atoms with van der Waals surface area (Å²) < 4.78 is 0. The van der Waals surface area contributed by atoms with Crippen LogP contribution < -0.4 is 5.32 Å². The Labute approximate surface area is 177 Å². The predicted octanol–water partition coefficient (Wildman–Crippen LogP) is 3.94. The minimum absolute atomic E-state index is 0.0335. The molecule has 0 aromatic carbocycles. The van der Waals surface area contributed by atoms with Gasteiger partial charge in [0.25, 0.3) is 0 Å². The van der Waals surface area contributed by atoms with Gasteiger partial charge in [0.1, 0.15) is 11.0 Å². The van der Waals surface area contributed by atoms with E-state index in [4.69, 9.17) is 4.98 Å². The number of rotatable bonds is 5. The van der Waals surface area contributed by atoms with Crippen LogP contribution in [0.3, 0.4) is 0 Å². The predicted molar refractivity (Wildman–Crippen MR) is 118 cm³/mol. The van der Waals surface area contributed by atoms with Crippen LogP contribution in [0, 0.1) is 5.92 Å². The molecule has 31 heavy (non-hydrogen) atoms. The first-order chi connectivity index (χ1) is 15.1. The number of amides is 1. The lowest BCUT2D eigenvalue weighted by Gasteiger charge is -2.08. The molecule has 5 aromatic rings. The number of hydrogen-bond acceptors (Lipinski definition) is 6. The lowest BCUT2D eigenvalue weighted by Crippen LogP contribution is -2.14. The van der Waals surface area contributed by atoms with Crippen LogP contribution in [0.1, 0.15) is 20.3 Å². The van der Waals surface area contributed by atoms with E-state index in [9.17, 15) is 4.79 Å². The summed E-state index contributed by atoms with van der Waals surface area (Å²) in [4.78, 5) is 33.1. The van der Waals surface area contributed by atoms with Crippen LogP contribution in [0.4, 0.5) is 5.69 Å². The first kappa shape index (κ1) is 18.9. The molecule has 9 nitrogen and oxygen atoms in total. The SMILES string of the molecule is CC(C)CC(=O)Nc1cncc(-c2ccc3[nH]nc(-c4nc5cnccc5[nH]4)c3n2)c1. The zero-order valence-electron chi connectivity index (χ0n) is 17.0. The number of fused-ring (bicyclic) bond motifs is 2. The maximum absolute atomic E-state index is 12.1. The van der Waals surface area contributed by atoms with Crippen LogP contribution in [0.5, 0.6) is 0 Å². The van der Waals surface area contributed by atoms with Gasteiger partial charge in [-0.05, 0) is 30.2 Å². The van der Waals surface area contributed by atoms with Gasteiger partial charge in [-0.1, -0.05) is 13.8 Å². The topological polar surface area (TPSA) is 125 Å². The molecule has 9 heteroatoms. The monoisotopic (exact) mass is 412 g/mol. The van der Waals surface area contributed by atoms with Gasteiger partial charge in [0, 0.05) is 24.4 Å². The largest absolute Gasteiger partial charge is 0.336 e. The standard InChI is InChI=1S/C22H20N8O/c1-12(2)7-19(31)25-14-8-13(9-24-10-14)15-3-4-17-20(26-15)21(30-29-17)22-27-16-5-6-23-11-18(16)28-22/h3-6,8-12H,7H2,1-2H3,(H,25,31)(H,27,28)(H,29,30). The fourth-order valence-electron chi connectivity index (χ4n) is 3.43. The Balaban J connectivity index is 1.51. The number of imidazole rings is 1. The fourth-order valence-corrected chi connectivity index (χ4v) is 3.43. The van der Waals surface area contributed by atoms with Gasteiger partial charge in [0.2, 0.25) is 5.91 Å². The number of carbonyl (C=O) groups excluding carboxylic acids is 1. The number of anilines is 1. The highest BCUT2D eigenvalue weighted by molar-refractivity contribution is 5.93. The number of nitrogens with one attached hydrogen (secondary N) is 3. The number of pyridine rings is 3. The highest BCUT2D eigenvalue weighted by Gasteiger charge is 2.15. The van der Waals surface area contributed by atoms with Crippen molar-refractivity contribution >= 4 is 33.7 Å². The van der Waals surface area contributed by atoms with Crippen molar-refractivity contribution in [1.82, 2.24) is 35.1 Å². The summed E-state index contributed by atoms with van der Waals surface area (Å²) in [6.07, 6.45) is 7.22. The van der Waals surface area contributed by atoms with Gasteiger partial charge in [0.05, 0.1) is 34.8 Å². The van der Waals surface area contributed by atoms with E-state index < -0.39 is 0 Å². The van der Waals surface area contributed by atoms with Gasteiger partial charge in [-0.2, -0.15) is 5.10 Å². The van der Waals surface area contributed by atoms with Crippen molar-refractivity contribution in [1.29, 1.82) is 0 Å². The lowest BCUT2D eigenvalue weighted by atomic mass is 10.1. The fraction of sp³-hybridized carbons (Fsp3) is 0.182. The summed E-state index contributed by atoms with van der Waals surface area (Å²) in [5.41, 5.74) is 5.92. The van der Waals surface area contributed by atoms with Crippen LogP contribution in [-0.4, -0.2) is 41.0 Å². The van der Waals surface area contributed by atoms with Crippen LogP contribution in [0.15, 0.2) is 49.1 Å². The molecule has 0 aliphatic carbocycles. The molecule has 0 fully saturated rings. The zero-order valence-corrected chi connectivity index (χ0v) is 17.0. The number of carbonyl (C=O) groups is 1. The van der Waals surface area contributed by atoms with E-state index in [2.05, 4.69) is 35.5 Å². The summed E-state index contributed by atoms with van der Waals surface area (Å²) in [6.45, 7) is 4.02. The molecular weight excluding hydrogens is 392 g/mol. The Morgan fingerprint density at radius 2 is 1.97 bits per heavy atom. The molecule has 5 aromatic heterocycles. The number of aromatic nitrogens is 7. The molecule has 0 saturated heterocycles. The molecule has 0 bridgehead atoms. The minimum atomic E-state index is -0.0335. The number of hydrogen-bond donors (Lipinski definition) is 3. The summed E-state index contributed by atoms with van der Waals surface area (Å²) >= 11 is 0. The molecular formula is C22H20N8O. The van der Waals surface area contributed by atoms with Gasteiger partial charge in [0.15, 0.2) is 11.5 Å². The molecule has 0 atom stereocenters. The Bertz CT molecular complexity index is 1370. The Kier molecular flexibility index (Phi) is 4.62. The molecule has 0 spiro atoms. The smallest absolute Gasteiger partial charge is 0.224 e. The summed E-state index contributed by atoms with van der Waals surface area (Å²) in [7, 11) is 0. The number of nitrogens with zero attached hydrogens (tertiary/aromatic N) is 5. The summed E-state index contributed by atoms with van der Waals surface area (Å²) in [6, 6.07) is 7.54. The molecule has 0 saturated carbocycles. The molecule has 1 amide bonds. The Hall–Kier alpha value is -4.14. The van der Waals surface area contributed by atoms with E-state index in [0.29, 0.717) is 29.1 Å². The van der Waals surface area contributed by atoms with Crippen molar-refractivity contribution < 1.29 is 4.79 Å². The quantitative estimate of drug-likeness (QED) is 0.401. The average molecular weight is 412 g/mol. The molecule has 5 heterocycles. The maximum Gasteiger partial charge on any atom is 0.224 e. The van der Waals surface area contributed by atoms with E-state index in [-0.39, 0.29) is 11.8 Å². The highest BCUT2D eigenvalue weighted by Crippen LogP contribution is 2.28. The average Bonchev–Trinajstić information content (AvgIpc) is 3.36. The molecule has 0 aliphatic heterocycles. The first-order valence-electron chi connectivity index (χ1n) is 9.97. The van der Waals surface area contributed by atoms with Gasteiger partial charge < -0.3 is 10.3 Å². The van der Waals surface area contributed by atoms with Crippen molar-refractivity contribution in [2.45, 2.75) is 20.3 Å². The van der Waals surface area contributed by atoms with Crippen molar-refractivity contribution in [3.8, 4) is 22.8 Å². The van der Waals surface area contributed by atoms with Gasteiger partial charge in [-0.25, -0.2) is 9.97 Å². The van der Waals surface area contributed by atoms with Crippen LogP contribution in [0.2, 0.25) is 0 Å². The van der Waals surface area contributed by atoms with Crippen molar-refractivity contribution in [3.63, 3.8) is 0 Å². The van der Waals surface area contributed by atoms with E-state index in [0.717, 1.165) is 27.8 Å². The second-order valence-corrected chi connectivity index (χ2v) is 7.75. The summed E-state index contributed by atoms with van der Waals surface area (Å²) in [5.74, 6) is 0.870. The second kappa shape index (κ2) is 7.60. The number of H-pyrrole nitrogens is 2. The molecule has 0 radical (unpaired) electrons. The van der Waals surface area contributed by atoms with Gasteiger partial charge in [-0.15, -0.1) is 0 Å². The molecule has 5 rings (SSSR count). The van der Waals surface area contributed by atoms with E-state index in [1.807, 2.05) is 38.1 Å². The Morgan fingerprint density at radius 3 is 2.81 bits per heavy atom. The molecule has 154 valence electrons. The molecule has 3 N–H and O–H groups in total. The van der Waals surface area contributed by atoms with Gasteiger partial charge >= 0.3 is 0 Å². The van der Waals surface area contributed by atoms with E-state index in [1.165, 1.54) is 0 Å². The lowest BCUT2D eigenvalue weighted by molar-refractivity contribution is -0.116. The third-order valence-corrected chi connectivity index (χ3v) is 4.83. The Morgan fingerprint density at radius 1 is 1.06 bits per heavy atom. The van der Waals surface area contributed by atoms with Crippen LogP contribution >= 0.6 is 0 Å². The van der Waals surface area contributed by atoms with Crippen molar-refractivity contribution in [3.05, 3.63) is 49.1 Å². The normalized spacial score (nSPS) is 11.5. The van der Waals surface area contributed by atoms with Gasteiger partial charge in [-0.3, -0.25) is 19.9 Å². The van der Waals surface area contributed by atoms with Crippen molar-refractivity contribution in [2.24, 2.45) is 5.92 Å². The van der Waals surface area contributed by atoms with Crippen LogP contribution in [-0.2, 0) is 4.79 Å². The second-order valence-electron chi connectivity index (χ2n) is 7.75. The molecule has 0 unspecified atom stereocenters. The molecule has 0 aliphatic rings. The number of aromatic amines is 2.